The summed E-state index contributed by atoms with van der Waals surface area (Å²) in [7, 11) is 0. The van der Waals surface area contributed by atoms with Crippen LogP contribution in [0, 0.1) is 5.82 Å². The lowest BCUT2D eigenvalue weighted by molar-refractivity contribution is 0.0648. The van der Waals surface area contributed by atoms with Gasteiger partial charge >= 0.3 is 0 Å². The molecule has 25 heavy (non-hydrogen) atoms. The molecule has 0 bridgehead atoms. The quantitative estimate of drug-likeness (QED) is 0.638. The first-order valence-corrected chi connectivity index (χ1v) is 9.10. The molecule has 4 rings (SSSR count). The molecule has 1 unspecified atom stereocenters. The number of halogens is 2. The second kappa shape index (κ2) is 6.26. The molecule has 0 spiro atoms. The molecule has 1 aliphatic heterocycles. The van der Waals surface area contributed by atoms with E-state index < -0.39 is 0 Å². The van der Waals surface area contributed by atoms with Crippen LogP contribution in [0.3, 0.4) is 0 Å². The van der Waals surface area contributed by atoms with Crippen LogP contribution in [-0.2, 0) is 6.42 Å². The number of carbonyl (C=O) groups is 1. The molecule has 3 heterocycles. The van der Waals surface area contributed by atoms with Gasteiger partial charge in [-0.1, -0.05) is 13.0 Å². The molecule has 0 fully saturated rings. The third-order valence-electron chi connectivity index (χ3n) is 4.76. The first-order chi connectivity index (χ1) is 12.1. The zero-order chi connectivity index (χ0) is 17.6. The minimum absolute atomic E-state index is 0.110. The summed E-state index contributed by atoms with van der Waals surface area (Å²) < 4.78 is 16.3. The van der Waals surface area contributed by atoms with Crippen molar-refractivity contribution in [1.29, 1.82) is 0 Å². The van der Waals surface area contributed by atoms with Crippen LogP contribution in [-0.4, -0.2) is 27.0 Å². The summed E-state index contributed by atoms with van der Waals surface area (Å²) in [5, 5.41) is 4.41. The highest BCUT2D eigenvalue weighted by atomic mass is 79.9. The average Bonchev–Trinajstić information content (AvgIpc) is 3.03. The molecule has 4 nitrogen and oxygen atoms in total. The van der Waals surface area contributed by atoms with Crippen LogP contribution < -0.4 is 0 Å². The van der Waals surface area contributed by atoms with E-state index in [0.717, 1.165) is 34.0 Å². The van der Waals surface area contributed by atoms with E-state index in [4.69, 9.17) is 0 Å². The molecular weight excluding hydrogens is 385 g/mol. The lowest BCUT2D eigenvalue weighted by Gasteiger charge is -2.36. The summed E-state index contributed by atoms with van der Waals surface area (Å²) in [5.41, 5.74) is 3.31. The highest BCUT2D eigenvalue weighted by Gasteiger charge is 2.31. The van der Waals surface area contributed by atoms with Crippen molar-refractivity contribution in [1.82, 2.24) is 14.5 Å². The van der Waals surface area contributed by atoms with E-state index in [1.807, 2.05) is 36.2 Å². The third-order valence-corrected chi connectivity index (χ3v) is 5.22. The van der Waals surface area contributed by atoms with E-state index in [0.29, 0.717) is 12.2 Å². The molecular formula is C19H17BrFN3O. The number of rotatable bonds is 2. The lowest BCUT2D eigenvalue weighted by atomic mass is 9.90. The van der Waals surface area contributed by atoms with Crippen LogP contribution in [0.15, 0.2) is 47.1 Å². The van der Waals surface area contributed by atoms with E-state index in [9.17, 15) is 9.18 Å². The van der Waals surface area contributed by atoms with Gasteiger partial charge < -0.3 is 4.90 Å². The fraction of sp³-hybridized carbons (Fsp3) is 0.263. The number of hydrogen-bond donors (Lipinski definition) is 0. The Morgan fingerprint density at radius 2 is 2.16 bits per heavy atom. The first kappa shape index (κ1) is 16.3. The van der Waals surface area contributed by atoms with Crippen LogP contribution in [0.1, 0.15) is 41.0 Å². The van der Waals surface area contributed by atoms with Crippen molar-refractivity contribution in [3.63, 3.8) is 0 Å². The van der Waals surface area contributed by atoms with E-state index in [1.54, 1.807) is 16.6 Å². The molecule has 6 heteroatoms. The van der Waals surface area contributed by atoms with Crippen LogP contribution in [0.2, 0.25) is 0 Å². The molecule has 0 radical (unpaired) electrons. The molecule has 1 aliphatic rings. The average molecular weight is 402 g/mol. The summed E-state index contributed by atoms with van der Waals surface area (Å²) in [5.74, 6) is -0.370. The molecule has 128 valence electrons. The zero-order valence-electron chi connectivity index (χ0n) is 13.7. The monoisotopic (exact) mass is 401 g/mol. The van der Waals surface area contributed by atoms with Crippen molar-refractivity contribution in [3.8, 4) is 0 Å². The molecule has 0 saturated carbocycles. The Bertz CT molecular complexity index is 968. The highest BCUT2D eigenvalue weighted by Crippen LogP contribution is 2.33. The van der Waals surface area contributed by atoms with Gasteiger partial charge in [0.2, 0.25) is 0 Å². The summed E-state index contributed by atoms with van der Waals surface area (Å²) in [6.45, 7) is 2.64. The minimum atomic E-state index is -0.260. The first-order valence-electron chi connectivity index (χ1n) is 8.31. The molecule has 2 aromatic heterocycles. The van der Waals surface area contributed by atoms with Crippen molar-refractivity contribution in [2.75, 3.05) is 6.54 Å². The van der Waals surface area contributed by atoms with Crippen LogP contribution in [0.5, 0.6) is 0 Å². The summed E-state index contributed by atoms with van der Waals surface area (Å²) in [4.78, 5) is 14.9. The van der Waals surface area contributed by atoms with Gasteiger partial charge in [-0.2, -0.15) is 5.10 Å². The molecule has 0 saturated heterocycles. The highest BCUT2D eigenvalue weighted by molar-refractivity contribution is 9.10. The van der Waals surface area contributed by atoms with Gasteiger partial charge in [0.15, 0.2) is 5.69 Å². The largest absolute Gasteiger partial charge is 0.330 e. The van der Waals surface area contributed by atoms with Crippen molar-refractivity contribution < 1.29 is 9.18 Å². The SMILES string of the molecule is CCC1c2cc(F)ccc2CCN1C(=O)c1cc2ccc(Br)cn2n1. The maximum absolute atomic E-state index is 13.7. The Morgan fingerprint density at radius 1 is 1.32 bits per heavy atom. The summed E-state index contributed by atoms with van der Waals surface area (Å²) >= 11 is 3.41. The predicted molar refractivity (Wildman–Crippen MR) is 97.1 cm³/mol. The lowest BCUT2D eigenvalue weighted by Crippen LogP contribution is -2.40. The Kier molecular flexibility index (Phi) is 4.07. The van der Waals surface area contributed by atoms with Gasteiger partial charge in [0.1, 0.15) is 5.82 Å². The van der Waals surface area contributed by atoms with Crippen molar-refractivity contribution >= 4 is 27.4 Å². The predicted octanol–water partition coefficient (Wildman–Crippen LogP) is 4.39. The summed E-state index contributed by atoms with van der Waals surface area (Å²) in [6, 6.07) is 10.4. The van der Waals surface area contributed by atoms with Gasteiger partial charge in [-0.15, -0.1) is 0 Å². The van der Waals surface area contributed by atoms with Crippen LogP contribution in [0.4, 0.5) is 4.39 Å². The maximum Gasteiger partial charge on any atom is 0.274 e. The molecule has 1 amide bonds. The van der Waals surface area contributed by atoms with Gasteiger partial charge in [-0.25, -0.2) is 8.91 Å². The Hall–Kier alpha value is -2.21. The van der Waals surface area contributed by atoms with Crippen molar-refractivity contribution in [3.05, 3.63) is 69.7 Å². The standard InChI is InChI=1S/C19H17BrFN3O/c1-2-18-16-9-14(21)5-3-12(16)7-8-23(18)19(25)17-10-15-6-4-13(20)11-24(15)22-17/h3-6,9-11,18H,2,7-8H2,1H3. The number of benzene rings is 1. The number of carbonyl (C=O) groups excluding carboxylic acids is 1. The van der Waals surface area contributed by atoms with Crippen molar-refractivity contribution in [2.24, 2.45) is 0 Å². The maximum atomic E-state index is 13.7. The topological polar surface area (TPSA) is 37.6 Å². The number of fused-ring (bicyclic) bond motifs is 2. The van der Waals surface area contributed by atoms with Gasteiger partial charge in [0, 0.05) is 17.2 Å². The third kappa shape index (κ3) is 2.84. The molecule has 0 N–H and O–H groups in total. The fourth-order valence-electron chi connectivity index (χ4n) is 3.56. The molecule has 3 aromatic rings. The van der Waals surface area contributed by atoms with E-state index in [-0.39, 0.29) is 17.8 Å². The number of hydrogen-bond acceptors (Lipinski definition) is 2. The Morgan fingerprint density at radius 3 is 2.96 bits per heavy atom. The second-order valence-corrected chi connectivity index (χ2v) is 7.18. The fourth-order valence-corrected chi connectivity index (χ4v) is 3.89. The van der Waals surface area contributed by atoms with E-state index in [1.165, 1.54) is 6.07 Å². The number of nitrogens with zero attached hydrogens (tertiary/aromatic N) is 3. The number of amides is 1. The van der Waals surface area contributed by atoms with Crippen LogP contribution >= 0.6 is 15.9 Å². The van der Waals surface area contributed by atoms with E-state index >= 15 is 0 Å². The normalized spacial score (nSPS) is 16.9. The van der Waals surface area contributed by atoms with Gasteiger partial charge in [0.25, 0.3) is 5.91 Å². The van der Waals surface area contributed by atoms with Gasteiger partial charge in [-0.3, -0.25) is 4.79 Å². The van der Waals surface area contributed by atoms with E-state index in [2.05, 4.69) is 21.0 Å². The smallest absolute Gasteiger partial charge is 0.274 e. The van der Waals surface area contributed by atoms with Gasteiger partial charge in [0.05, 0.1) is 11.6 Å². The molecule has 1 atom stereocenters. The van der Waals surface area contributed by atoms with Crippen molar-refractivity contribution in [2.45, 2.75) is 25.8 Å². The molecule has 1 aromatic carbocycles. The number of aromatic nitrogens is 2. The molecule has 0 aliphatic carbocycles. The minimum Gasteiger partial charge on any atom is -0.330 e. The Labute approximate surface area is 153 Å². The Balaban J connectivity index is 1.71. The van der Waals surface area contributed by atoms with Crippen LogP contribution in [0.25, 0.3) is 5.52 Å². The summed E-state index contributed by atoms with van der Waals surface area (Å²) in [6.07, 6.45) is 3.29. The second-order valence-electron chi connectivity index (χ2n) is 6.26. The zero-order valence-corrected chi connectivity index (χ0v) is 15.3. The van der Waals surface area contributed by atoms with Gasteiger partial charge in [-0.05, 0) is 70.2 Å². The number of pyridine rings is 1.